The molecule has 0 bridgehead atoms. The monoisotopic (exact) mass is 165 g/mol. The number of likely N-dealkylation sites (N-methyl/N-ethyl adjacent to an activating group) is 1. The molecule has 1 fully saturated rings. The molecular weight excluding hydrogens is 152 g/mol. The summed E-state index contributed by atoms with van der Waals surface area (Å²) in [6.45, 7) is 0. The predicted octanol–water partition coefficient (Wildman–Crippen LogP) is 0.754. The minimum absolute atomic E-state index is 0.188. The largest absolute Gasteiger partial charge is 0.385 e. The van der Waals surface area contributed by atoms with Crippen LogP contribution >= 0.6 is 0 Å². The quantitative estimate of drug-likeness (QED) is 0.601. The lowest BCUT2D eigenvalue weighted by Crippen LogP contribution is -2.51. The van der Waals surface area contributed by atoms with E-state index in [1.807, 2.05) is 0 Å². The standard InChI is InChI=1S/C7H13F2NO/c1-10-5-3-2-4-7(8,9)6(5)11/h5-6,10-11H,2-4H2,1H3/t5-,6+/m1/s1. The summed E-state index contributed by atoms with van der Waals surface area (Å²) in [6.07, 6.45) is -0.587. The van der Waals surface area contributed by atoms with Gasteiger partial charge in [-0.1, -0.05) is 0 Å². The highest BCUT2D eigenvalue weighted by molar-refractivity contribution is 4.90. The Morgan fingerprint density at radius 3 is 2.64 bits per heavy atom. The zero-order valence-corrected chi connectivity index (χ0v) is 6.48. The lowest BCUT2D eigenvalue weighted by molar-refractivity contribution is -0.142. The van der Waals surface area contributed by atoms with E-state index in [1.54, 1.807) is 7.05 Å². The summed E-state index contributed by atoms with van der Waals surface area (Å²) in [6, 6.07) is -0.446. The average Bonchev–Trinajstić information content (AvgIpc) is 1.95. The lowest BCUT2D eigenvalue weighted by atomic mass is 9.89. The van der Waals surface area contributed by atoms with E-state index in [1.165, 1.54) is 0 Å². The number of alkyl halides is 2. The first-order valence-corrected chi connectivity index (χ1v) is 3.81. The molecule has 0 amide bonds. The van der Waals surface area contributed by atoms with Crippen molar-refractivity contribution < 1.29 is 13.9 Å². The van der Waals surface area contributed by atoms with Gasteiger partial charge in [-0.05, 0) is 19.9 Å². The van der Waals surface area contributed by atoms with Crippen molar-refractivity contribution in [2.75, 3.05) is 7.05 Å². The fourth-order valence-electron chi connectivity index (χ4n) is 1.46. The van der Waals surface area contributed by atoms with Crippen molar-refractivity contribution in [1.82, 2.24) is 5.32 Å². The first-order chi connectivity index (χ1) is 5.08. The molecule has 0 unspecified atom stereocenters. The van der Waals surface area contributed by atoms with Crippen molar-refractivity contribution >= 4 is 0 Å². The van der Waals surface area contributed by atoms with E-state index in [0.717, 1.165) is 0 Å². The Morgan fingerprint density at radius 2 is 2.18 bits per heavy atom. The number of aliphatic hydroxyl groups is 1. The van der Waals surface area contributed by atoms with Crippen molar-refractivity contribution in [3.05, 3.63) is 0 Å². The van der Waals surface area contributed by atoms with E-state index in [0.29, 0.717) is 12.8 Å². The lowest BCUT2D eigenvalue weighted by Gasteiger charge is -2.34. The Kier molecular flexibility index (Phi) is 2.44. The van der Waals surface area contributed by atoms with Gasteiger partial charge in [-0.25, -0.2) is 8.78 Å². The molecule has 0 spiro atoms. The molecule has 0 aromatic rings. The second-order valence-corrected chi connectivity index (χ2v) is 2.99. The van der Waals surface area contributed by atoms with Crippen LogP contribution in [0.2, 0.25) is 0 Å². The SMILES string of the molecule is CN[C@@H]1CCCC(F)(F)[C@H]1O. The second kappa shape index (κ2) is 3.03. The zero-order valence-electron chi connectivity index (χ0n) is 6.48. The van der Waals surface area contributed by atoms with Gasteiger partial charge < -0.3 is 10.4 Å². The number of halogens is 2. The van der Waals surface area contributed by atoms with Gasteiger partial charge in [0.15, 0.2) is 0 Å². The topological polar surface area (TPSA) is 32.3 Å². The minimum atomic E-state index is -2.90. The van der Waals surface area contributed by atoms with Gasteiger partial charge in [0.1, 0.15) is 6.10 Å². The van der Waals surface area contributed by atoms with E-state index < -0.39 is 18.1 Å². The van der Waals surface area contributed by atoms with Gasteiger partial charge in [-0.2, -0.15) is 0 Å². The van der Waals surface area contributed by atoms with E-state index in [9.17, 15) is 8.78 Å². The number of rotatable bonds is 1. The average molecular weight is 165 g/mol. The third-order valence-electron chi connectivity index (χ3n) is 2.21. The summed E-state index contributed by atoms with van der Waals surface area (Å²) in [4.78, 5) is 0. The number of hydrogen-bond donors (Lipinski definition) is 2. The molecule has 0 aromatic carbocycles. The Labute approximate surface area is 64.6 Å². The number of aliphatic hydroxyl groups excluding tert-OH is 1. The van der Waals surface area contributed by atoms with Crippen LogP contribution in [0.3, 0.4) is 0 Å². The Bertz CT molecular complexity index is 140. The Hall–Kier alpha value is -0.220. The Balaban J connectivity index is 2.60. The smallest absolute Gasteiger partial charge is 0.274 e. The van der Waals surface area contributed by atoms with Gasteiger partial charge in [0.05, 0.1) is 0 Å². The van der Waals surface area contributed by atoms with E-state index in [4.69, 9.17) is 5.11 Å². The third-order valence-corrected chi connectivity index (χ3v) is 2.21. The molecule has 2 atom stereocenters. The van der Waals surface area contributed by atoms with Crippen LogP contribution in [-0.4, -0.2) is 30.2 Å². The van der Waals surface area contributed by atoms with E-state index in [-0.39, 0.29) is 6.42 Å². The van der Waals surface area contributed by atoms with Crippen LogP contribution < -0.4 is 5.32 Å². The van der Waals surface area contributed by atoms with Crippen molar-refractivity contribution in [3.8, 4) is 0 Å². The predicted molar refractivity (Wildman–Crippen MR) is 37.7 cm³/mol. The van der Waals surface area contributed by atoms with Crippen LogP contribution in [0.4, 0.5) is 8.78 Å². The van der Waals surface area contributed by atoms with Gasteiger partial charge in [0.25, 0.3) is 5.92 Å². The summed E-state index contributed by atoms with van der Waals surface area (Å²) in [5.74, 6) is -2.90. The summed E-state index contributed by atoms with van der Waals surface area (Å²) in [7, 11) is 1.59. The van der Waals surface area contributed by atoms with E-state index in [2.05, 4.69) is 5.32 Å². The highest BCUT2D eigenvalue weighted by Gasteiger charge is 2.45. The van der Waals surface area contributed by atoms with Gasteiger partial charge in [-0.15, -0.1) is 0 Å². The van der Waals surface area contributed by atoms with Crippen molar-refractivity contribution in [3.63, 3.8) is 0 Å². The number of hydrogen-bond acceptors (Lipinski definition) is 2. The second-order valence-electron chi connectivity index (χ2n) is 2.99. The van der Waals surface area contributed by atoms with Gasteiger partial charge in [-0.3, -0.25) is 0 Å². The summed E-state index contributed by atoms with van der Waals surface area (Å²) in [5.41, 5.74) is 0. The summed E-state index contributed by atoms with van der Waals surface area (Å²) < 4.78 is 25.5. The fourth-order valence-corrected chi connectivity index (χ4v) is 1.46. The summed E-state index contributed by atoms with van der Waals surface area (Å²) in [5, 5.41) is 11.8. The molecule has 1 rings (SSSR count). The molecule has 1 saturated carbocycles. The normalized spacial score (nSPS) is 37.1. The maximum atomic E-state index is 12.7. The third kappa shape index (κ3) is 1.68. The summed E-state index contributed by atoms with van der Waals surface area (Å²) >= 11 is 0. The highest BCUT2D eigenvalue weighted by Crippen LogP contribution is 2.33. The van der Waals surface area contributed by atoms with Crippen LogP contribution in [0.5, 0.6) is 0 Å². The molecule has 0 saturated heterocycles. The van der Waals surface area contributed by atoms with E-state index >= 15 is 0 Å². The highest BCUT2D eigenvalue weighted by atomic mass is 19.3. The maximum absolute atomic E-state index is 12.7. The van der Waals surface area contributed by atoms with Crippen LogP contribution in [0.15, 0.2) is 0 Å². The van der Waals surface area contributed by atoms with Gasteiger partial charge in [0, 0.05) is 12.5 Å². The van der Waals surface area contributed by atoms with Gasteiger partial charge in [0.2, 0.25) is 0 Å². The molecule has 2 nitrogen and oxygen atoms in total. The van der Waals surface area contributed by atoms with Gasteiger partial charge >= 0.3 is 0 Å². The van der Waals surface area contributed by atoms with Crippen molar-refractivity contribution in [2.24, 2.45) is 0 Å². The Morgan fingerprint density at radius 1 is 1.55 bits per heavy atom. The van der Waals surface area contributed by atoms with Crippen LogP contribution in [0.1, 0.15) is 19.3 Å². The first kappa shape index (κ1) is 8.87. The molecule has 2 N–H and O–H groups in total. The molecule has 0 radical (unpaired) electrons. The molecule has 1 aliphatic carbocycles. The molecule has 0 heterocycles. The minimum Gasteiger partial charge on any atom is -0.385 e. The van der Waals surface area contributed by atoms with Crippen LogP contribution in [-0.2, 0) is 0 Å². The molecule has 1 aliphatic rings. The van der Waals surface area contributed by atoms with Crippen LogP contribution in [0.25, 0.3) is 0 Å². The van der Waals surface area contributed by atoms with Crippen molar-refractivity contribution in [2.45, 2.75) is 37.3 Å². The molecule has 0 aromatic heterocycles. The van der Waals surface area contributed by atoms with Crippen LogP contribution in [0, 0.1) is 0 Å². The zero-order chi connectivity index (χ0) is 8.48. The molecule has 0 aliphatic heterocycles. The molecule has 4 heteroatoms. The molecule has 11 heavy (non-hydrogen) atoms. The molecule has 66 valence electrons. The molecular formula is C7H13F2NO. The maximum Gasteiger partial charge on any atom is 0.274 e. The van der Waals surface area contributed by atoms with Crippen molar-refractivity contribution in [1.29, 1.82) is 0 Å². The fraction of sp³-hybridized carbons (Fsp3) is 1.00. The first-order valence-electron chi connectivity index (χ1n) is 3.81. The number of nitrogens with one attached hydrogen (secondary N) is 1.